The van der Waals surface area contributed by atoms with Gasteiger partial charge in [-0.05, 0) is 44.0 Å². The molecule has 20 heavy (non-hydrogen) atoms. The summed E-state index contributed by atoms with van der Waals surface area (Å²) in [5.74, 6) is 0.681. The van der Waals surface area contributed by atoms with Crippen LogP contribution in [0.2, 0.25) is 0 Å². The van der Waals surface area contributed by atoms with Gasteiger partial charge >= 0.3 is 0 Å². The smallest absolute Gasteiger partial charge is 0.196 e. The Morgan fingerprint density at radius 3 is 2.70 bits per heavy atom. The predicted octanol–water partition coefficient (Wildman–Crippen LogP) is 1.98. The van der Waals surface area contributed by atoms with E-state index in [1.54, 1.807) is 0 Å². The first kappa shape index (κ1) is 13.4. The highest BCUT2D eigenvalue weighted by atomic mass is 15.4. The number of piperidine rings is 1. The van der Waals surface area contributed by atoms with Crippen LogP contribution in [-0.2, 0) is 0 Å². The van der Waals surface area contributed by atoms with E-state index in [0.717, 1.165) is 39.0 Å². The zero-order chi connectivity index (χ0) is 14.2. The van der Waals surface area contributed by atoms with E-state index in [-0.39, 0.29) is 5.54 Å². The number of anilines is 1. The average Bonchev–Trinajstić information content (AvgIpc) is 2.77. The zero-order valence-electron chi connectivity index (χ0n) is 12.5. The number of guanidine groups is 1. The van der Waals surface area contributed by atoms with E-state index < -0.39 is 0 Å². The number of aliphatic imine (C=N–C) groups is 1. The third-order valence-electron chi connectivity index (χ3n) is 4.73. The molecule has 0 radical (unpaired) electrons. The minimum atomic E-state index is 0.101. The summed E-state index contributed by atoms with van der Waals surface area (Å²) in [6, 6.07) is 8.58. The van der Waals surface area contributed by atoms with Crippen LogP contribution in [0.25, 0.3) is 0 Å². The summed E-state index contributed by atoms with van der Waals surface area (Å²) in [5, 5.41) is 0. The molecule has 0 aliphatic carbocycles. The third-order valence-corrected chi connectivity index (χ3v) is 4.73. The summed E-state index contributed by atoms with van der Waals surface area (Å²) in [6.07, 6.45) is 2.28. The topological polar surface area (TPSA) is 44.9 Å². The number of hydrogen-bond donors (Lipinski definition) is 1. The summed E-state index contributed by atoms with van der Waals surface area (Å²) in [6.45, 7) is 8.61. The Morgan fingerprint density at radius 1 is 1.30 bits per heavy atom. The van der Waals surface area contributed by atoms with Gasteiger partial charge in [-0.1, -0.05) is 19.1 Å². The maximum absolute atomic E-state index is 6.20. The number of likely N-dealkylation sites (tertiary alicyclic amines) is 1. The molecule has 2 heterocycles. The number of nitrogens with zero attached hydrogens (tertiary/aromatic N) is 3. The first-order valence-corrected chi connectivity index (χ1v) is 7.54. The Labute approximate surface area is 121 Å². The SMILES string of the molecule is CCN1CCC2(CC1)CN=C(N)N2c1cccc(C)c1. The van der Waals surface area contributed by atoms with Gasteiger partial charge in [-0.25, -0.2) is 0 Å². The average molecular weight is 272 g/mol. The summed E-state index contributed by atoms with van der Waals surface area (Å²) < 4.78 is 0. The van der Waals surface area contributed by atoms with Crippen LogP contribution in [0.4, 0.5) is 5.69 Å². The molecule has 3 rings (SSSR count). The number of nitrogens with two attached hydrogens (primary N) is 1. The van der Waals surface area contributed by atoms with E-state index in [1.165, 1.54) is 11.3 Å². The van der Waals surface area contributed by atoms with E-state index >= 15 is 0 Å². The number of rotatable bonds is 2. The summed E-state index contributed by atoms with van der Waals surface area (Å²) in [4.78, 5) is 9.35. The third kappa shape index (κ3) is 2.18. The molecule has 4 heteroatoms. The number of hydrogen-bond acceptors (Lipinski definition) is 4. The number of benzene rings is 1. The Hall–Kier alpha value is -1.55. The fourth-order valence-electron chi connectivity index (χ4n) is 3.45. The van der Waals surface area contributed by atoms with Crippen LogP contribution >= 0.6 is 0 Å². The van der Waals surface area contributed by atoms with Crippen LogP contribution in [0, 0.1) is 6.92 Å². The molecule has 0 atom stereocenters. The van der Waals surface area contributed by atoms with Gasteiger partial charge in [0.2, 0.25) is 0 Å². The van der Waals surface area contributed by atoms with Crippen LogP contribution in [0.3, 0.4) is 0 Å². The van der Waals surface area contributed by atoms with E-state index in [0.29, 0.717) is 5.96 Å². The molecule has 1 fully saturated rings. The molecular formula is C16H24N4. The van der Waals surface area contributed by atoms with Gasteiger partial charge in [0.1, 0.15) is 0 Å². The van der Waals surface area contributed by atoms with Crippen molar-refractivity contribution in [1.82, 2.24) is 4.90 Å². The Morgan fingerprint density at radius 2 is 2.05 bits per heavy atom. The van der Waals surface area contributed by atoms with Crippen molar-refractivity contribution in [2.75, 3.05) is 31.1 Å². The van der Waals surface area contributed by atoms with Crippen molar-refractivity contribution >= 4 is 11.6 Å². The van der Waals surface area contributed by atoms with Gasteiger partial charge < -0.3 is 15.5 Å². The van der Waals surface area contributed by atoms with Gasteiger partial charge in [0.25, 0.3) is 0 Å². The Kier molecular flexibility index (Phi) is 3.42. The second-order valence-corrected chi connectivity index (χ2v) is 6.01. The van der Waals surface area contributed by atoms with Crippen LogP contribution in [0.15, 0.2) is 29.3 Å². The van der Waals surface area contributed by atoms with Gasteiger partial charge in [0.05, 0.1) is 12.1 Å². The van der Waals surface area contributed by atoms with Gasteiger partial charge in [0, 0.05) is 18.8 Å². The highest BCUT2D eigenvalue weighted by Crippen LogP contribution is 2.36. The molecule has 2 aliphatic heterocycles. The molecule has 0 bridgehead atoms. The van der Waals surface area contributed by atoms with Gasteiger partial charge in [-0.15, -0.1) is 0 Å². The zero-order valence-corrected chi connectivity index (χ0v) is 12.5. The summed E-state index contributed by atoms with van der Waals surface area (Å²) in [5.41, 5.74) is 8.75. The predicted molar refractivity (Wildman–Crippen MR) is 84.2 cm³/mol. The first-order valence-electron chi connectivity index (χ1n) is 7.54. The van der Waals surface area contributed by atoms with Gasteiger partial charge in [-0.2, -0.15) is 0 Å². The molecule has 2 N–H and O–H groups in total. The fraction of sp³-hybridized carbons (Fsp3) is 0.562. The van der Waals surface area contributed by atoms with Crippen molar-refractivity contribution in [1.29, 1.82) is 0 Å². The fourth-order valence-corrected chi connectivity index (χ4v) is 3.45. The van der Waals surface area contributed by atoms with Crippen LogP contribution in [0.1, 0.15) is 25.3 Å². The van der Waals surface area contributed by atoms with E-state index in [2.05, 4.69) is 52.9 Å². The standard InChI is InChI=1S/C16H24N4/c1-3-19-9-7-16(8-10-19)12-18-15(17)20(16)14-6-4-5-13(2)11-14/h4-6,11H,3,7-10,12H2,1-2H3,(H2,17,18). The van der Waals surface area contributed by atoms with E-state index in [9.17, 15) is 0 Å². The normalized spacial score (nSPS) is 22.3. The monoisotopic (exact) mass is 272 g/mol. The molecule has 1 aromatic carbocycles. The number of aryl methyl sites for hydroxylation is 1. The molecule has 0 amide bonds. The van der Waals surface area contributed by atoms with E-state index in [4.69, 9.17) is 5.73 Å². The van der Waals surface area contributed by atoms with Crippen LogP contribution in [0.5, 0.6) is 0 Å². The first-order chi connectivity index (χ1) is 9.64. The van der Waals surface area contributed by atoms with Crippen molar-refractivity contribution in [2.45, 2.75) is 32.2 Å². The molecule has 1 aromatic rings. The molecule has 2 aliphatic rings. The van der Waals surface area contributed by atoms with Gasteiger partial charge in [0.15, 0.2) is 5.96 Å². The lowest BCUT2D eigenvalue weighted by molar-refractivity contribution is 0.178. The highest BCUT2D eigenvalue weighted by molar-refractivity contribution is 5.98. The Bertz CT molecular complexity index is 515. The quantitative estimate of drug-likeness (QED) is 0.895. The largest absolute Gasteiger partial charge is 0.369 e. The molecule has 4 nitrogen and oxygen atoms in total. The van der Waals surface area contributed by atoms with Crippen molar-refractivity contribution in [3.8, 4) is 0 Å². The minimum absolute atomic E-state index is 0.101. The molecule has 0 saturated carbocycles. The highest BCUT2D eigenvalue weighted by Gasteiger charge is 2.44. The lowest BCUT2D eigenvalue weighted by Gasteiger charge is -2.45. The molecule has 108 valence electrons. The molecular weight excluding hydrogens is 248 g/mol. The second kappa shape index (κ2) is 5.09. The maximum Gasteiger partial charge on any atom is 0.196 e. The summed E-state index contributed by atoms with van der Waals surface area (Å²) in [7, 11) is 0. The van der Waals surface area contributed by atoms with Crippen molar-refractivity contribution in [3.63, 3.8) is 0 Å². The minimum Gasteiger partial charge on any atom is -0.369 e. The Balaban J connectivity index is 1.89. The lowest BCUT2D eigenvalue weighted by atomic mass is 9.86. The molecule has 0 aromatic heterocycles. The van der Waals surface area contributed by atoms with Crippen molar-refractivity contribution < 1.29 is 0 Å². The molecule has 0 unspecified atom stereocenters. The maximum atomic E-state index is 6.20. The van der Waals surface area contributed by atoms with Crippen LogP contribution < -0.4 is 10.6 Å². The van der Waals surface area contributed by atoms with E-state index in [1.807, 2.05) is 0 Å². The van der Waals surface area contributed by atoms with Crippen molar-refractivity contribution in [3.05, 3.63) is 29.8 Å². The van der Waals surface area contributed by atoms with Gasteiger partial charge in [-0.3, -0.25) is 4.99 Å². The lowest BCUT2D eigenvalue weighted by Crippen LogP contribution is -2.57. The van der Waals surface area contributed by atoms with Crippen LogP contribution in [-0.4, -0.2) is 42.6 Å². The second-order valence-electron chi connectivity index (χ2n) is 6.01. The molecule has 1 spiro atoms. The van der Waals surface area contributed by atoms with Crippen molar-refractivity contribution in [2.24, 2.45) is 10.7 Å². The molecule has 1 saturated heterocycles. The summed E-state index contributed by atoms with van der Waals surface area (Å²) >= 11 is 0.